The zero-order chi connectivity index (χ0) is 19.3. The van der Waals surface area contributed by atoms with Gasteiger partial charge in [0.15, 0.2) is 11.6 Å². The van der Waals surface area contributed by atoms with Crippen LogP contribution in [0.1, 0.15) is 21.5 Å². The first-order valence-corrected chi connectivity index (χ1v) is 9.06. The molecule has 2 rings (SSSR count). The number of hydrogen-bond donors (Lipinski definition) is 2. The maximum Gasteiger partial charge on any atom is 0.300 e. The summed E-state index contributed by atoms with van der Waals surface area (Å²) in [4.78, 5) is 15.1. The number of pyridine rings is 1. The molecule has 1 aromatic heterocycles. The van der Waals surface area contributed by atoms with Crippen molar-refractivity contribution in [3.05, 3.63) is 59.0 Å². The number of nitrogens with zero attached hydrogens (tertiary/aromatic N) is 2. The van der Waals surface area contributed by atoms with E-state index in [0.717, 1.165) is 0 Å². The van der Waals surface area contributed by atoms with Gasteiger partial charge in [0.05, 0.1) is 13.2 Å². The van der Waals surface area contributed by atoms with Crippen molar-refractivity contribution in [1.82, 2.24) is 4.98 Å². The van der Waals surface area contributed by atoms with Gasteiger partial charge in [-0.1, -0.05) is 12.1 Å². The minimum Gasteiger partial charge on any atom is -0.383 e. The molecule has 1 aromatic carbocycles. The van der Waals surface area contributed by atoms with Gasteiger partial charge in [-0.3, -0.25) is 4.79 Å². The fourth-order valence-electron chi connectivity index (χ4n) is 2.36. The first-order valence-electron chi connectivity index (χ1n) is 7.55. The molecule has 0 unspecified atom stereocenters. The molecule has 140 valence electrons. The number of anilines is 1. The predicted octanol–water partition coefficient (Wildman–Crippen LogP) is 0.567. The molecule has 8 nitrogen and oxygen atoms in total. The average Bonchev–Trinajstić information content (AvgIpc) is 2.57. The minimum absolute atomic E-state index is 0.0163. The Morgan fingerprint density at radius 2 is 2.08 bits per heavy atom. The lowest BCUT2D eigenvalue weighted by Crippen LogP contribution is -2.40. The van der Waals surface area contributed by atoms with E-state index in [0.29, 0.717) is 15.4 Å². The van der Waals surface area contributed by atoms with E-state index in [4.69, 9.17) is 15.6 Å². The summed E-state index contributed by atoms with van der Waals surface area (Å²) in [6.45, 7) is -0.164. The van der Waals surface area contributed by atoms with Crippen molar-refractivity contribution in [2.24, 2.45) is 10.9 Å². The maximum atomic E-state index is 14.9. The number of methoxy groups -OCH3 is 1. The summed E-state index contributed by atoms with van der Waals surface area (Å²) in [7, 11) is -2.85. The van der Waals surface area contributed by atoms with Crippen LogP contribution < -0.4 is 15.2 Å². The number of primary amides is 1. The highest BCUT2D eigenvalue weighted by molar-refractivity contribution is 7.90. The van der Waals surface area contributed by atoms with Crippen molar-refractivity contribution < 1.29 is 22.3 Å². The predicted molar refractivity (Wildman–Crippen MR) is 94.3 cm³/mol. The van der Waals surface area contributed by atoms with Crippen molar-refractivity contribution in [2.45, 2.75) is 6.42 Å². The van der Waals surface area contributed by atoms with Crippen LogP contribution in [0.4, 0.5) is 10.2 Å². The van der Waals surface area contributed by atoms with Crippen molar-refractivity contribution >= 4 is 21.9 Å². The average molecular weight is 382 g/mol. The molecule has 0 radical (unpaired) electrons. The van der Waals surface area contributed by atoms with Gasteiger partial charge in [-0.05, 0) is 29.3 Å². The second-order valence-corrected chi connectivity index (χ2v) is 6.93. The summed E-state index contributed by atoms with van der Waals surface area (Å²) >= 11 is 0. The van der Waals surface area contributed by atoms with Gasteiger partial charge in [0.2, 0.25) is 5.91 Å². The minimum atomic E-state index is -4.23. The van der Waals surface area contributed by atoms with Crippen LogP contribution in [0.25, 0.3) is 0 Å². The molecule has 0 saturated carbocycles. The number of carbonyl (C=O) groups is 1. The molecule has 1 amide bonds. The second-order valence-electron chi connectivity index (χ2n) is 5.46. The van der Waals surface area contributed by atoms with Crippen LogP contribution in [-0.4, -0.2) is 39.6 Å². The van der Waals surface area contributed by atoms with Gasteiger partial charge in [-0.2, -0.15) is 8.42 Å². The Bertz CT molecular complexity index is 905. The second kappa shape index (κ2) is 8.21. The fourth-order valence-corrected chi connectivity index (χ4v) is 3.06. The first-order chi connectivity index (χ1) is 12.2. The van der Waals surface area contributed by atoms with Crippen LogP contribution in [0.2, 0.25) is 0 Å². The molecule has 10 heteroatoms. The zero-order valence-corrected chi connectivity index (χ0v) is 14.9. The molecular formula is C16H19FN4O4S. The van der Waals surface area contributed by atoms with Crippen LogP contribution in [0.5, 0.6) is 0 Å². The van der Waals surface area contributed by atoms with Crippen molar-refractivity contribution in [1.29, 1.82) is 0 Å². The summed E-state index contributed by atoms with van der Waals surface area (Å²) in [5, 5.41) is 5.16. The molecule has 0 aliphatic rings. The summed E-state index contributed by atoms with van der Waals surface area (Å²) in [6, 6.07) is 7.85. The Labute approximate surface area is 150 Å². The topological polar surface area (TPSA) is 129 Å². The molecule has 1 heterocycles. The van der Waals surface area contributed by atoms with Crippen LogP contribution in [0.3, 0.4) is 0 Å². The molecular weight excluding hydrogens is 363 g/mol. The molecule has 0 aliphatic heterocycles. The number of hydrogen-bond acceptors (Lipinski definition) is 5. The van der Waals surface area contributed by atoms with Gasteiger partial charge in [0.25, 0.3) is 10.2 Å². The number of aromatic nitrogens is 1. The van der Waals surface area contributed by atoms with Crippen LogP contribution in [-0.2, 0) is 21.4 Å². The number of amides is 1. The Balaban J connectivity index is 2.39. The number of carbonyl (C=O) groups excluding carboxylic acids is 1. The molecule has 4 N–H and O–H groups in total. The Kier molecular flexibility index (Phi) is 6.24. The lowest BCUT2D eigenvalue weighted by Gasteiger charge is -2.21. The maximum absolute atomic E-state index is 14.9. The summed E-state index contributed by atoms with van der Waals surface area (Å²) in [5.74, 6) is -1.82. The Hall–Kier alpha value is -2.56. The molecule has 0 saturated heterocycles. The SMILES string of the molecule is COCCN(c1nccc(Cc2cccc(C(N)=O)c2)c1F)S(N)(=O)=O. The quantitative estimate of drug-likeness (QED) is 0.689. The van der Waals surface area contributed by atoms with E-state index in [1.54, 1.807) is 24.3 Å². The number of halogens is 1. The smallest absolute Gasteiger partial charge is 0.300 e. The van der Waals surface area contributed by atoms with Crippen LogP contribution >= 0.6 is 0 Å². The lowest BCUT2D eigenvalue weighted by atomic mass is 10.0. The Morgan fingerprint density at radius 3 is 2.69 bits per heavy atom. The molecule has 26 heavy (non-hydrogen) atoms. The number of ether oxygens (including phenoxy) is 1. The highest BCUT2D eigenvalue weighted by Crippen LogP contribution is 2.23. The zero-order valence-electron chi connectivity index (χ0n) is 14.1. The van der Waals surface area contributed by atoms with Gasteiger partial charge in [-0.15, -0.1) is 0 Å². The normalized spacial score (nSPS) is 11.3. The first kappa shape index (κ1) is 19.8. The summed E-state index contributed by atoms with van der Waals surface area (Å²) < 4.78 is 43.9. The van der Waals surface area contributed by atoms with Gasteiger partial charge >= 0.3 is 0 Å². The third-order valence-corrected chi connectivity index (χ3v) is 4.57. The van der Waals surface area contributed by atoms with Crippen molar-refractivity contribution in [2.75, 3.05) is 24.6 Å². The Morgan fingerprint density at radius 1 is 1.35 bits per heavy atom. The summed E-state index contributed by atoms with van der Waals surface area (Å²) in [5.41, 5.74) is 6.37. The fraction of sp³-hybridized carbons (Fsp3) is 0.250. The molecule has 2 aromatic rings. The van der Waals surface area contributed by atoms with E-state index in [1.807, 2.05) is 0 Å². The molecule has 0 bridgehead atoms. The third-order valence-electron chi connectivity index (χ3n) is 3.60. The molecule has 0 aliphatic carbocycles. The largest absolute Gasteiger partial charge is 0.383 e. The van der Waals surface area contributed by atoms with Crippen molar-refractivity contribution in [3.8, 4) is 0 Å². The monoisotopic (exact) mass is 382 g/mol. The van der Waals surface area contributed by atoms with Gasteiger partial charge < -0.3 is 10.5 Å². The highest BCUT2D eigenvalue weighted by Gasteiger charge is 2.24. The van der Waals surface area contributed by atoms with Crippen molar-refractivity contribution in [3.63, 3.8) is 0 Å². The van der Waals surface area contributed by atoms with Gasteiger partial charge in [0.1, 0.15) is 0 Å². The number of benzene rings is 1. The van der Waals surface area contributed by atoms with E-state index in [2.05, 4.69) is 4.98 Å². The molecule has 0 atom stereocenters. The van der Waals surface area contributed by atoms with E-state index < -0.39 is 27.8 Å². The number of nitrogens with two attached hydrogens (primary N) is 2. The van der Waals surface area contributed by atoms with E-state index in [9.17, 15) is 17.6 Å². The number of rotatable bonds is 8. The van der Waals surface area contributed by atoms with E-state index in [-0.39, 0.29) is 25.1 Å². The van der Waals surface area contributed by atoms with E-state index >= 15 is 0 Å². The standard InChI is InChI=1S/C16H19FN4O4S/c1-25-8-7-21(26(19,23)24)16-14(17)12(5-6-20-16)9-11-3-2-4-13(10-11)15(18)22/h2-6,10H,7-9H2,1H3,(H2,18,22)(H2,19,23,24). The molecule has 0 fully saturated rings. The van der Waals surface area contributed by atoms with Gasteiger partial charge in [-0.25, -0.2) is 18.8 Å². The third kappa shape index (κ3) is 4.75. The summed E-state index contributed by atoms with van der Waals surface area (Å²) in [6.07, 6.45) is 1.40. The lowest BCUT2D eigenvalue weighted by molar-refractivity contribution is 0.1000. The van der Waals surface area contributed by atoms with Crippen LogP contribution in [0.15, 0.2) is 36.5 Å². The van der Waals surface area contributed by atoms with Gasteiger partial charge in [0, 0.05) is 25.3 Å². The highest BCUT2D eigenvalue weighted by atomic mass is 32.2. The van der Waals surface area contributed by atoms with E-state index in [1.165, 1.54) is 19.4 Å². The van der Waals surface area contributed by atoms with Crippen LogP contribution in [0, 0.1) is 5.82 Å². The molecule has 0 spiro atoms.